The van der Waals surface area contributed by atoms with Gasteiger partial charge in [0.1, 0.15) is 5.75 Å². The van der Waals surface area contributed by atoms with Crippen LogP contribution in [0, 0.1) is 0 Å². The number of thioether (sulfide) groups is 2. The Morgan fingerprint density at radius 1 is 1.02 bits per heavy atom. The number of halogens is 3. The first-order valence-electron chi connectivity index (χ1n) is 11.6. The van der Waals surface area contributed by atoms with Gasteiger partial charge in [-0.2, -0.15) is 13.2 Å². The van der Waals surface area contributed by atoms with Gasteiger partial charge in [0.05, 0.1) is 36.2 Å². The molecule has 2 amide bonds. The van der Waals surface area contributed by atoms with Crippen molar-refractivity contribution in [3.8, 4) is 11.4 Å². The molecule has 0 aliphatic rings. The number of benzene rings is 2. The molecule has 4 rings (SSSR count). The maximum Gasteiger partial charge on any atom is 0.417 e. The molecule has 0 unspecified atom stereocenters. The van der Waals surface area contributed by atoms with Crippen LogP contribution in [0.15, 0.2) is 58.0 Å². The monoisotopic (exact) mass is 609 g/mol. The van der Waals surface area contributed by atoms with E-state index in [4.69, 9.17) is 4.74 Å². The summed E-state index contributed by atoms with van der Waals surface area (Å²) >= 11 is 3.86. The van der Waals surface area contributed by atoms with Gasteiger partial charge in [-0.05, 0) is 30.0 Å². The fourth-order valence-corrected chi connectivity index (χ4v) is 5.90. The highest BCUT2D eigenvalue weighted by Crippen LogP contribution is 2.32. The molecule has 40 heavy (non-hydrogen) atoms. The lowest BCUT2D eigenvalue weighted by Gasteiger charge is -2.15. The minimum atomic E-state index is -4.69. The molecular weight excluding hydrogens is 588 g/mol. The van der Waals surface area contributed by atoms with Crippen molar-refractivity contribution in [2.75, 3.05) is 23.9 Å². The summed E-state index contributed by atoms with van der Waals surface area (Å²) in [5.74, 6) is 0.188. The Labute approximate surface area is 239 Å². The van der Waals surface area contributed by atoms with Crippen molar-refractivity contribution in [3.63, 3.8) is 0 Å². The zero-order chi connectivity index (χ0) is 28.7. The number of methoxy groups -OCH3 is 1. The average Bonchev–Trinajstić information content (AvgIpc) is 3.56. The van der Waals surface area contributed by atoms with E-state index in [1.165, 1.54) is 42.3 Å². The van der Waals surface area contributed by atoms with Crippen molar-refractivity contribution >= 4 is 51.8 Å². The summed E-state index contributed by atoms with van der Waals surface area (Å²) in [6, 6.07) is 11.5. The van der Waals surface area contributed by atoms with E-state index in [0.717, 1.165) is 34.0 Å². The number of carbonyl (C=O) groups is 2. The molecule has 4 aromatic rings. The second kappa shape index (κ2) is 13.1. The van der Waals surface area contributed by atoms with Crippen LogP contribution in [0.5, 0.6) is 5.75 Å². The highest BCUT2D eigenvalue weighted by atomic mass is 32.2. The number of aromatic nitrogens is 5. The zero-order valence-corrected chi connectivity index (χ0v) is 23.5. The van der Waals surface area contributed by atoms with Crippen molar-refractivity contribution in [1.29, 1.82) is 0 Å². The molecule has 210 valence electrons. The molecule has 2 N–H and O–H groups in total. The average molecular weight is 610 g/mol. The number of nitrogens with one attached hydrogen (secondary N) is 2. The molecule has 0 atom stereocenters. The Morgan fingerprint density at radius 3 is 2.52 bits per heavy atom. The summed E-state index contributed by atoms with van der Waals surface area (Å²) in [5, 5.41) is 22.1. The SMILES string of the molecule is CCSc1nnc(NC(=O)CSc2nnc(CNC(=O)c3ccccc3C(F)(F)F)n2-c2ccccc2OC)s1. The van der Waals surface area contributed by atoms with E-state index in [1.54, 1.807) is 28.8 Å². The van der Waals surface area contributed by atoms with Crippen molar-refractivity contribution in [1.82, 2.24) is 30.3 Å². The maximum atomic E-state index is 13.4. The number of carbonyl (C=O) groups excluding carboxylic acids is 2. The second-order valence-electron chi connectivity index (χ2n) is 7.78. The maximum absolute atomic E-state index is 13.4. The van der Waals surface area contributed by atoms with Gasteiger partial charge in [0, 0.05) is 0 Å². The Hall–Kier alpha value is -3.63. The third-order valence-electron chi connectivity index (χ3n) is 5.16. The number of hydrogen-bond donors (Lipinski definition) is 2. The van der Waals surface area contributed by atoms with Gasteiger partial charge in [0.2, 0.25) is 11.0 Å². The van der Waals surface area contributed by atoms with Gasteiger partial charge in [0.15, 0.2) is 15.3 Å². The molecule has 0 saturated carbocycles. The number of para-hydroxylation sites is 2. The molecule has 10 nitrogen and oxygen atoms in total. The first-order valence-corrected chi connectivity index (χ1v) is 14.4. The minimum absolute atomic E-state index is 0.0472. The highest BCUT2D eigenvalue weighted by molar-refractivity contribution is 8.01. The fourth-order valence-electron chi connectivity index (χ4n) is 3.48. The third-order valence-corrected chi connectivity index (χ3v) is 7.95. The van der Waals surface area contributed by atoms with Crippen molar-refractivity contribution in [2.45, 2.75) is 29.1 Å². The Bertz CT molecular complexity index is 1490. The van der Waals surface area contributed by atoms with E-state index in [0.29, 0.717) is 21.7 Å². The molecule has 0 bridgehead atoms. The number of alkyl halides is 3. The van der Waals surface area contributed by atoms with Gasteiger partial charge in [-0.1, -0.05) is 66.0 Å². The van der Waals surface area contributed by atoms with Crippen LogP contribution in [-0.4, -0.2) is 55.4 Å². The van der Waals surface area contributed by atoms with E-state index in [1.807, 2.05) is 6.92 Å². The zero-order valence-electron chi connectivity index (χ0n) is 21.1. The summed E-state index contributed by atoms with van der Waals surface area (Å²) in [5.41, 5.74) is -1.04. The van der Waals surface area contributed by atoms with Crippen LogP contribution in [0.4, 0.5) is 18.3 Å². The molecule has 16 heteroatoms. The molecular formula is C24H22F3N7O3S3. The lowest BCUT2D eigenvalue weighted by Crippen LogP contribution is -2.27. The lowest BCUT2D eigenvalue weighted by molar-refractivity contribution is -0.138. The van der Waals surface area contributed by atoms with Gasteiger partial charge >= 0.3 is 6.18 Å². The summed E-state index contributed by atoms with van der Waals surface area (Å²) in [6.07, 6.45) is -4.69. The summed E-state index contributed by atoms with van der Waals surface area (Å²) in [6.45, 7) is 1.74. The first-order chi connectivity index (χ1) is 19.2. The van der Waals surface area contributed by atoms with Gasteiger partial charge in [-0.3, -0.25) is 19.5 Å². The molecule has 0 aliphatic heterocycles. The Balaban J connectivity index is 1.54. The number of nitrogens with zero attached hydrogens (tertiary/aromatic N) is 5. The van der Waals surface area contributed by atoms with Crippen molar-refractivity contribution in [3.05, 3.63) is 65.5 Å². The predicted molar refractivity (Wildman–Crippen MR) is 146 cm³/mol. The van der Waals surface area contributed by atoms with Crippen LogP contribution in [-0.2, 0) is 17.5 Å². The standard InChI is InChI=1S/C24H22F3N7O3S3/c1-3-38-23-33-31-21(40-23)29-19(35)13-39-22-32-30-18(34(22)16-10-6-7-11-17(16)37-2)12-28-20(36)14-8-4-5-9-15(14)24(25,26)27/h4-11H,3,12-13H2,1-2H3,(H,28,36)(H,29,31,35). The fraction of sp³-hybridized carbons (Fsp3) is 0.250. The summed E-state index contributed by atoms with van der Waals surface area (Å²) < 4.78 is 48.0. The quantitative estimate of drug-likeness (QED) is 0.180. The van der Waals surface area contributed by atoms with Gasteiger partial charge < -0.3 is 10.1 Å². The molecule has 0 aliphatic carbocycles. The topological polar surface area (TPSA) is 124 Å². The molecule has 2 aromatic carbocycles. The van der Waals surface area contributed by atoms with Gasteiger partial charge in [0.25, 0.3) is 5.91 Å². The van der Waals surface area contributed by atoms with E-state index in [2.05, 4.69) is 31.0 Å². The Morgan fingerprint density at radius 2 is 1.77 bits per heavy atom. The van der Waals surface area contributed by atoms with E-state index in [-0.39, 0.29) is 24.0 Å². The Kier molecular flexibility index (Phi) is 9.65. The number of anilines is 1. The van der Waals surface area contributed by atoms with E-state index in [9.17, 15) is 22.8 Å². The van der Waals surface area contributed by atoms with Crippen LogP contribution in [0.2, 0.25) is 0 Å². The molecule has 2 aromatic heterocycles. The largest absolute Gasteiger partial charge is 0.495 e. The second-order valence-corrected chi connectivity index (χ2v) is 11.2. The molecule has 0 radical (unpaired) electrons. The number of hydrogen-bond acceptors (Lipinski definition) is 10. The van der Waals surface area contributed by atoms with Crippen molar-refractivity contribution in [2.24, 2.45) is 0 Å². The van der Waals surface area contributed by atoms with Crippen LogP contribution < -0.4 is 15.4 Å². The predicted octanol–water partition coefficient (Wildman–Crippen LogP) is 4.92. The lowest BCUT2D eigenvalue weighted by atomic mass is 10.1. The first kappa shape index (κ1) is 29.4. The third kappa shape index (κ3) is 7.11. The number of amides is 2. The van der Waals surface area contributed by atoms with Crippen LogP contribution in [0.1, 0.15) is 28.7 Å². The van der Waals surface area contributed by atoms with Gasteiger partial charge in [-0.25, -0.2) is 0 Å². The molecule has 0 saturated heterocycles. The van der Waals surface area contributed by atoms with Crippen LogP contribution in [0.25, 0.3) is 5.69 Å². The molecule has 0 fully saturated rings. The normalized spacial score (nSPS) is 11.3. The van der Waals surface area contributed by atoms with E-state index < -0.39 is 23.2 Å². The van der Waals surface area contributed by atoms with Crippen molar-refractivity contribution < 1.29 is 27.5 Å². The number of rotatable bonds is 11. The summed E-state index contributed by atoms with van der Waals surface area (Å²) in [4.78, 5) is 25.3. The smallest absolute Gasteiger partial charge is 0.417 e. The highest BCUT2D eigenvalue weighted by Gasteiger charge is 2.35. The summed E-state index contributed by atoms with van der Waals surface area (Å²) in [7, 11) is 1.48. The van der Waals surface area contributed by atoms with Gasteiger partial charge in [-0.15, -0.1) is 20.4 Å². The van der Waals surface area contributed by atoms with Crippen LogP contribution in [0.3, 0.4) is 0 Å². The van der Waals surface area contributed by atoms with E-state index >= 15 is 0 Å². The number of ether oxygens (including phenoxy) is 1. The molecule has 2 heterocycles. The molecule has 0 spiro atoms. The van der Waals surface area contributed by atoms with Crippen LogP contribution >= 0.6 is 34.9 Å². The minimum Gasteiger partial charge on any atom is -0.495 e.